The van der Waals surface area contributed by atoms with E-state index in [-0.39, 0.29) is 5.69 Å². The number of rotatable bonds is 6. The van der Waals surface area contributed by atoms with Crippen molar-refractivity contribution < 1.29 is 29.1 Å². The SMILES string of the molecule is [2H]c1c([2H])c([2H])c(-c2c([2H])c([2H])c(N(c3ccccc3-c3cccc4oc5cc6ccccc6cc5c34)c3c([2H])c([2H])c(-c4c([2H])c([2H])c([2H])c([2H])c4[2H])c([2H])c3[2H])c([2H])c2[2H])c([2H])c1[2H]. The van der Waals surface area contributed by atoms with Gasteiger partial charge < -0.3 is 9.32 Å². The highest BCUT2D eigenvalue weighted by molar-refractivity contribution is 6.16. The van der Waals surface area contributed by atoms with Crippen molar-refractivity contribution in [1.29, 1.82) is 0 Å². The number of anilines is 3. The fourth-order valence-corrected chi connectivity index (χ4v) is 5.82. The van der Waals surface area contributed by atoms with Gasteiger partial charge in [0.2, 0.25) is 0 Å². The molecule has 0 spiro atoms. The number of furan rings is 1. The molecule has 0 saturated heterocycles. The Bertz CT molecular complexity index is 3350. The lowest BCUT2D eigenvalue weighted by molar-refractivity contribution is 0.669. The summed E-state index contributed by atoms with van der Waals surface area (Å²) < 4.78 is 165. The number of hydrogen-bond donors (Lipinski definition) is 0. The Hall–Kier alpha value is -6.38. The van der Waals surface area contributed by atoms with Gasteiger partial charge in [-0.05, 0) is 87.0 Å². The van der Waals surface area contributed by atoms with Gasteiger partial charge in [0.15, 0.2) is 0 Å². The van der Waals surface area contributed by atoms with Gasteiger partial charge in [0.05, 0.1) is 30.4 Å². The molecule has 0 atom stereocenters. The van der Waals surface area contributed by atoms with Gasteiger partial charge >= 0.3 is 0 Å². The second kappa shape index (κ2) is 11.8. The van der Waals surface area contributed by atoms with Crippen LogP contribution in [0.4, 0.5) is 17.1 Å². The van der Waals surface area contributed by atoms with Crippen LogP contribution in [0.3, 0.4) is 0 Å². The van der Waals surface area contributed by atoms with Gasteiger partial charge in [-0.3, -0.25) is 0 Å². The first-order chi connectivity index (χ1) is 31.3. The van der Waals surface area contributed by atoms with Crippen LogP contribution >= 0.6 is 0 Å². The predicted molar refractivity (Wildman–Crippen MR) is 202 cm³/mol. The summed E-state index contributed by atoms with van der Waals surface area (Å²) in [5.74, 6) is 0. The third-order valence-electron chi connectivity index (χ3n) is 7.97. The van der Waals surface area contributed by atoms with E-state index in [2.05, 4.69) is 0 Å². The zero-order valence-electron chi connectivity index (χ0n) is 42.9. The maximum absolute atomic E-state index is 9.53. The molecule has 9 rings (SSSR count). The van der Waals surface area contributed by atoms with E-state index in [1.54, 1.807) is 36.4 Å². The van der Waals surface area contributed by atoms with Crippen molar-refractivity contribution in [2.75, 3.05) is 4.90 Å². The molecule has 0 aliphatic rings. The van der Waals surface area contributed by atoms with E-state index in [9.17, 15) is 11.0 Å². The highest BCUT2D eigenvalue weighted by atomic mass is 16.3. The molecule has 0 aliphatic carbocycles. The van der Waals surface area contributed by atoms with Gasteiger partial charge in [-0.2, -0.15) is 0 Å². The van der Waals surface area contributed by atoms with Crippen LogP contribution in [0.25, 0.3) is 66.1 Å². The number of para-hydroxylation sites is 1. The van der Waals surface area contributed by atoms with Crippen molar-refractivity contribution in [1.82, 2.24) is 0 Å². The molecular formula is C46H31NO. The van der Waals surface area contributed by atoms with Crippen LogP contribution in [0.1, 0.15) is 24.7 Å². The third-order valence-corrected chi connectivity index (χ3v) is 7.97. The van der Waals surface area contributed by atoms with Crippen LogP contribution in [-0.4, -0.2) is 0 Å². The Labute approximate surface area is 305 Å². The Morgan fingerprint density at radius 2 is 0.958 bits per heavy atom. The van der Waals surface area contributed by atoms with E-state index in [0.717, 1.165) is 15.7 Å². The van der Waals surface area contributed by atoms with Crippen molar-refractivity contribution in [3.63, 3.8) is 0 Å². The number of nitrogens with zero attached hydrogens (tertiary/aromatic N) is 1. The van der Waals surface area contributed by atoms with E-state index < -0.39 is 142 Å². The summed E-state index contributed by atoms with van der Waals surface area (Å²) in [6.45, 7) is 0. The quantitative estimate of drug-likeness (QED) is 0.182. The van der Waals surface area contributed by atoms with E-state index in [1.165, 1.54) is 6.07 Å². The maximum Gasteiger partial charge on any atom is 0.136 e. The van der Waals surface area contributed by atoms with Crippen molar-refractivity contribution in [2.45, 2.75) is 0 Å². The fourth-order valence-electron chi connectivity index (χ4n) is 5.82. The average Bonchev–Trinajstić information content (AvgIpc) is 3.68. The summed E-state index contributed by atoms with van der Waals surface area (Å²) in [5.41, 5.74) is -1.79. The van der Waals surface area contributed by atoms with Crippen LogP contribution in [-0.2, 0) is 0 Å². The van der Waals surface area contributed by atoms with E-state index >= 15 is 0 Å². The fraction of sp³-hybridized carbons (Fsp3) is 0. The Kier molecular flexibility index (Phi) is 3.68. The molecule has 2 nitrogen and oxygen atoms in total. The topological polar surface area (TPSA) is 16.4 Å². The lowest BCUT2D eigenvalue weighted by Crippen LogP contribution is -2.11. The zero-order valence-corrected chi connectivity index (χ0v) is 24.9. The van der Waals surface area contributed by atoms with Gasteiger partial charge in [0.25, 0.3) is 0 Å². The van der Waals surface area contributed by atoms with Crippen LogP contribution in [0.2, 0.25) is 0 Å². The zero-order chi connectivity index (χ0) is 47.5. The van der Waals surface area contributed by atoms with E-state index in [0.29, 0.717) is 33.1 Å². The molecule has 0 bridgehead atoms. The van der Waals surface area contributed by atoms with Crippen LogP contribution < -0.4 is 4.90 Å². The summed E-state index contributed by atoms with van der Waals surface area (Å²) >= 11 is 0. The normalized spacial score (nSPS) is 16.6. The first kappa shape index (κ1) is 15.0. The van der Waals surface area contributed by atoms with Crippen molar-refractivity contribution in [2.24, 2.45) is 0 Å². The monoisotopic (exact) mass is 631 g/mol. The highest BCUT2D eigenvalue weighted by Crippen LogP contribution is 2.45. The Morgan fingerprint density at radius 1 is 0.438 bits per heavy atom. The molecule has 0 saturated carbocycles. The van der Waals surface area contributed by atoms with Crippen molar-refractivity contribution in [3.05, 3.63) is 188 Å². The number of fused-ring (bicyclic) bond motifs is 4. The molecule has 48 heavy (non-hydrogen) atoms. The van der Waals surface area contributed by atoms with Crippen molar-refractivity contribution >= 4 is 49.8 Å². The van der Waals surface area contributed by atoms with Crippen molar-refractivity contribution in [3.8, 4) is 33.4 Å². The molecule has 0 unspecified atom stereocenters. The lowest BCUT2D eigenvalue weighted by Gasteiger charge is -2.28. The summed E-state index contributed by atoms with van der Waals surface area (Å²) in [7, 11) is 0. The maximum atomic E-state index is 9.53. The first-order valence-electron chi connectivity index (χ1n) is 23.9. The van der Waals surface area contributed by atoms with E-state index in [1.807, 2.05) is 36.4 Å². The molecule has 226 valence electrons. The smallest absolute Gasteiger partial charge is 0.136 e. The second-order valence-corrected chi connectivity index (χ2v) is 10.8. The molecule has 0 aliphatic heterocycles. The standard InChI is InChI=1S/C46H31NO/c1-3-12-32(13-4-1)34-22-26-38(27-23-34)47(39-28-24-35(25-29-39)33-14-5-2-6-15-33)43-20-10-9-18-40(43)41-19-11-21-44-46(41)42-30-36-16-7-8-17-37(36)31-45(42)48-44/h1-31H/i1D,2D,3D,4D,5D,6D,12D,13D,14D,15D,22D,23D,24D,25D,26D,27D,28D,29D. The highest BCUT2D eigenvalue weighted by Gasteiger charge is 2.20. The largest absolute Gasteiger partial charge is 0.456 e. The van der Waals surface area contributed by atoms with Gasteiger partial charge in [-0.15, -0.1) is 0 Å². The van der Waals surface area contributed by atoms with Crippen LogP contribution in [0.5, 0.6) is 0 Å². The molecule has 1 aromatic heterocycles. The summed E-state index contributed by atoms with van der Waals surface area (Å²) in [6.07, 6.45) is 0. The molecule has 0 N–H and O–H groups in total. The lowest BCUT2D eigenvalue weighted by atomic mass is 9.96. The van der Waals surface area contributed by atoms with Gasteiger partial charge in [0, 0.05) is 27.7 Å². The Balaban J connectivity index is 1.41. The first-order valence-corrected chi connectivity index (χ1v) is 14.9. The minimum absolute atomic E-state index is 0.0212. The average molecular weight is 632 g/mol. The molecule has 2 heteroatoms. The molecule has 1 heterocycles. The van der Waals surface area contributed by atoms with Crippen LogP contribution in [0.15, 0.2) is 192 Å². The molecule has 0 radical (unpaired) electrons. The minimum Gasteiger partial charge on any atom is -0.456 e. The van der Waals surface area contributed by atoms with E-state index in [4.69, 9.17) is 18.1 Å². The summed E-state index contributed by atoms with van der Waals surface area (Å²) in [6, 6.07) is 8.70. The molecule has 8 aromatic carbocycles. The van der Waals surface area contributed by atoms with Crippen LogP contribution in [0, 0.1) is 0 Å². The second-order valence-electron chi connectivity index (χ2n) is 10.8. The Morgan fingerprint density at radius 3 is 1.58 bits per heavy atom. The van der Waals surface area contributed by atoms with Gasteiger partial charge in [-0.1, -0.05) is 139 Å². The predicted octanol–water partition coefficient (Wildman–Crippen LogP) is 13.2. The number of benzene rings is 8. The molecule has 0 amide bonds. The summed E-state index contributed by atoms with van der Waals surface area (Å²) in [5, 5.41) is 3.16. The molecular weight excluding hydrogens is 583 g/mol. The summed E-state index contributed by atoms with van der Waals surface area (Å²) in [4.78, 5) is 1.03. The van der Waals surface area contributed by atoms with Gasteiger partial charge in [0.1, 0.15) is 11.2 Å². The minimum atomic E-state index is -0.854. The number of hydrogen-bond acceptors (Lipinski definition) is 2. The van der Waals surface area contributed by atoms with Gasteiger partial charge in [-0.25, -0.2) is 0 Å². The molecule has 0 fully saturated rings. The third kappa shape index (κ3) is 4.92. The molecule has 9 aromatic rings.